The number of carbonyl (C=O) groups is 1. The van der Waals surface area contributed by atoms with E-state index in [2.05, 4.69) is 10.3 Å². The Bertz CT molecular complexity index is 411. The summed E-state index contributed by atoms with van der Waals surface area (Å²) in [5.41, 5.74) is 0.368. The number of amides is 1. The van der Waals surface area contributed by atoms with Gasteiger partial charge in [0.05, 0.1) is 6.10 Å². The van der Waals surface area contributed by atoms with Gasteiger partial charge in [0, 0.05) is 6.20 Å². The van der Waals surface area contributed by atoms with Crippen LogP contribution in [0.5, 0.6) is 0 Å². The molecule has 0 aliphatic heterocycles. The van der Waals surface area contributed by atoms with Crippen LogP contribution in [0.2, 0.25) is 0 Å². The lowest BCUT2D eigenvalue weighted by atomic mass is 10.1. The number of carbonyl (C=O) groups excluding carboxylic acids is 1. The molecule has 0 saturated carbocycles. The Morgan fingerprint density at radius 1 is 1.56 bits per heavy atom. The summed E-state index contributed by atoms with van der Waals surface area (Å²) >= 11 is 0. The zero-order chi connectivity index (χ0) is 13.8. The first-order chi connectivity index (χ1) is 8.26. The van der Waals surface area contributed by atoms with E-state index in [0.29, 0.717) is 12.2 Å². The normalized spacial score (nSPS) is 12.9. The molecule has 0 bridgehead atoms. The van der Waals surface area contributed by atoms with E-state index in [1.54, 1.807) is 46.0 Å². The average Bonchev–Trinajstić information content (AvgIpc) is 2.13. The topological polar surface area (TPSA) is 71.5 Å². The predicted octanol–water partition coefficient (Wildman–Crippen LogP) is 2.35. The summed E-state index contributed by atoms with van der Waals surface area (Å²) in [7, 11) is 0. The summed E-state index contributed by atoms with van der Waals surface area (Å²) in [4.78, 5) is 15.6. The van der Waals surface area contributed by atoms with Crippen molar-refractivity contribution in [1.29, 1.82) is 0 Å². The van der Waals surface area contributed by atoms with Gasteiger partial charge >= 0.3 is 6.09 Å². The molecule has 1 rings (SSSR count). The third kappa shape index (κ3) is 5.63. The van der Waals surface area contributed by atoms with E-state index < -0.39 is 17.8 Å². The van der Waals surface area contributed by atoms with Crippen LogP contribution < -0.4 is 5.32 Å². The van der Waals surface area contributed by atoms with Gasteiger partial charge in [-0.1, -0.05) is 0 Å². The van der Waals surface area contributed by atoms with E-state index in [-0.39, 0.29) is 0 Å². The average molecular weight is 252 g/mol. The van der Waals surface area contributed by atoms with Gasteiger partial charge in [-0.25, -0.2) is 9.78 Å². The van der Waals surface area contributed by atoms with E-state index in [0.717, 1.165) is 5.56 Å². The summed E-state index contributed by atoms with van der Waals surface area (Å²) in [5, 5.41) is 11.9. The fourth-order valence-electron chi connectivity index (χ4n) is 1.42. The fraction of sp³-hybridized carbons (Fsp3) is 0.538. The molecule has 1 aromatic heterocycles. The lowest BCUT2D eigenvalue weighted by Gasteiger charge is -2.19. The second-order valence-corrected chi connectivity index (χ2v) is 5.23. The van der Waals surface area contributed by atoms with E-state index in [9.17, 15) is 9.90 Å². The van der Waals surface area contributed by atoms with Crippen molar-refractivity contribution in [2.75, 3.05) is 5.32 Å². The van der Waals surface area contributed by atoms with Gasteiger partial charge in [-0.2, -0.15) is 0 Å². The molecular formula is C13H20N2O3. The van der Waals surface area contributed by atoms with Crippen molar-refractivity contribution in [3.63, 3.8) is 0 Å². The minimum absolute atomic E-state index is 0.419. The zero-order valence-electron chi connectivity index (χ0n) is 11.2. The quantitative estimate of drug-likeness (QED) is 0.866. The molecule has 0 aromatic carbocycles. The number of anilines is 1. The first kappa shape index (κ1) is 14.4. The second-order valence-electron chi connectivity index (χ2n) is 5.23. The molecule has 1 unspecified atom stereocenters. The Hall–Kier alpha value is -1.62. The molecule has 1 atom stereocenters. The Balaban J connectivity index is 2.65. The molecule has 0 saturated heterocycles. The summed E-state index contributed by atoms with van der Waals surface area (Å²) in [6.45, 7) is 7.10. The van der Waals surface area contributed by atoms with Gasteiger partial charge in [-0.05, 0) is 51.8 Å². The maximum absolute atomic E-state index is 11.5. The van der Waals surface area contributed by atoms with Gasteiger partial charge in [0.25, 0.3) is 0 Å². The van der Waals surface area contributed by atoms with Gasteiger partial charge < -0.3 is 9.84 Å². The van der Waals surface area contributed by atoms with E-state index in [4.69, 9.17) is 4.74 Å². The van der Waals surface area contributed by atoms with E-state index in [1.165, 1.54) is 0 Å². The van der Waals surface area contributed by atoms with Crippen LogP contribution >= 0.6 is 0 Å². The van der Waals surface area contributed by atoms with Crippen molar-refractivity contribution in [1.82, 2.24) is 4.98 Å². The van der Waals surface area contributed by atoms with Crippen molar-refractivity contribution < 1.29 is 14.6 Å². The number of aliphatic hydroxyl groups excluding tert-OH is 1. The highest BCUT2D eigenvalue weighted by atomic mass is 16.6. The van der Waals surface area contributed by atoms with E-state index in [1.807, 2.05) is 0 Å². The monoisotopic (exact) mass is 252 g/mol. The zero-order valence-corrected chi connectivity index (χ0v) is 11.2. The van der Waals surface area contributed by atoms with E-state index >= 15 is 0 Å². The highest BCUT2D eigenvalue weighted by molar-refractivity contribution is 5.83. The van der Waals surface area contributed by atoms with Gasteiger partial charge in [-0.15, -0.1) is 0 Å². The largest absolute Gasteiger partial charge is 0.444 e. The van der Waals surface area contributed by atoms with Gasteiger partial charge in [0.1, 0.15) is 11.4 Å². The molecule has 5 heteroatoms. The molecule has 1 amide bonds. The van der Waals surface area contributed by atoms with Gasteiger partial charge in [0.2, 0.25) is 0 Å². The summed E-state index contributed by atoms with van der Waals surface area (Å²) in [6, 6.07) is 3.52. The van der Waals surface area contributed by atoms with Crippen molar-refractivity contribution >= 4 is 11.9 Å². The van der Waals surface area contributed by atoms with Crippen LogP contribution in [0.4, 0.5) is 10.6 Å². The van der Waals surface area contributed by atoms with Crippen LogP contribution in [0.15, 0.2) is 18.3 Å². The minimum Gasteiger partial charge on any atom is -0.444 e. The highest BCUT2D eigenvalue weighted by Gasteiger charge is 2.16. The number of rotatable bonds is 3. The number of hydrogen-bond donors (Lipinski definition) is 2. The molecular weight excluding hydrogens is 232 g/mol. The number of pyridine rings is 1. The third-order valence-corrected chi connectivity index (χ3v) is 1.98. The van der Waals surface area contributed by atoms with Crippen LogP contribution in [0.25, 0.3) is 0 Å². The number of hydrogen-bond acceptors (Lipinski definition) is 4. The number of aliphatic hydroxyl groups is 1. The molecule has 1 aromatic rings. The van der Waals surface area contributed by atoms with Crippen molar-refractivity contribution in [2.45, 2.75) is 45.8 Å². The molecule has 1 heterocycles. The highest BCUT2D eigenvalue weighted by Crippen LogP contribution is 2.12. The number of ether oxygens (including phenoxy) is 1. The molecule has 5 nitrogen and oxygen atoms in total. The fourth-order valence-corrected chi connectivity index (χ4v) is 1.42. The summed E-state index contributed by atoms with van der Waals surface area (Å²) < 4.78 is 5.12. The van der Waals surface area contributed by atoms with Gasteiger partial charge in [-0.3, -0.25) is 5.32 Å². The SMILES string of the molecule is CC(O)Cc1ccnc(NC(=O)OC(C)(C)C)c1. The third-order valence-electron chi connectivity index (χ3n) is 1.98. The van der Waals surface area contributed by atoms with Crippen molar-refractivity contribution in [2.24, 2.45) is 0 Å². The molecule has 0 aliphatic carbocycles. The van der Waals surface area contributed by atoms with Crippen molar-refractivity contribution in [3.8, 4) is 0 Å². The van der Waals surface area contributed by atoms with Gasteiger partial charge in [0.15, 0.2) is 0 Å². The lowest BCUT2D eigenvalue weighted by molar-refractivity contribution is 0.0635. The van der Waals surface area contributed by atoms with Crippen LogP contribution in [0, 0.1) is 0 Å². The molecule has 0 spiro atoms. The molecule has 18 heavy (non-hydrogen) atoms. The molecule has 0 fully saturated rings. The Morgan fingerprint density at radius 3 is 2.78 bits per heavy atom. The van der Waals surface area contributed by atoms with Crippen LogP contribution in [-0.2, 0) is 11.2 Å². The Kier molecular flexibility index (Phi) is 4.67. The Labute approximate surface area is 107 Å². The smallest absolute Gasteiger partial charge is 0.413 e. The lowest BCUT2D eigenvalue weighted by Crippen LogP contribution is -2.27. The minimum atomic E-state index is -0.540. The molecule has 2 N–H and O–H groups in total. The number of nitrogens with zero attached hydrogens (tertiary/aromatic N) is 1. The summed E-state index contributed by atoms with van der Waals surface area (Å²) in [6.07, 6.45) is 1.14. The number of aromatic nitrogens is 1. The maximum Gasteiger partial charge on any atom is 0.413 e. The Morgan fingerprint density at radius 2 is 2.22 bits per heavy atom. The summed E-state index contributed by atoms with van der Waals surface area (Å²) in [5.74, 6) is 0.419. The maximum atomic E-state index is 11.5. The van der Waals surface area contributed by atoms with Crippen LogP contribution in [-0.4, -0.2) is 27.9 Å². The van der Waals surface area contributed by atoms with Crippen LogP contribution in [0.1, 0.15) is 33.3 Å². The standard InChI is InChI=1S/C13H20N2O3/c1-9(16)7-10-5-6-14-11(8-10)15-12(17)18-13(2,3)4/h5-6,8-9,16H,7H2,1-4H3,(H,14,15,17). The number of nitrogens with one attached hydrogen (secondary N) is 1. The van der Waals surface area contributed by atoms with Crippen LogP contribution in [0.3, 0.4) is 0 Å². The molecule has 100 valence electrons. The molecule has 0 radical (unpaired) electrons. The predicted molar refractivity (Wildman–Crippen MR) is 69.5 cm³/mol. The second kappa shape index (κ2) is 5.82. The first-order valence-corrected chi connectivity index (χ1v) is 5.89. The molecule has 0 aliphatic rings. The van der Waals surface area contributed by atoms with Crippen molar-refractivity contribution in [3.05, 3.63) is 23.9 Å². The first-order valence-electron chi connectivity index (χ1n) is 5.89.